The normalized spacial score (nSPS) is 12.7. The standard InChI is InChI=1S/C23H31N3O2/c1-8-17-12-26(16(5)13-27-6)20-11-15(4)21(25-22(17)20)18-9-10-19(14(2)3)24-23(18)28-7/h9-12,14,16H,8,13H2,1-7H3/t16-/m0/s1. The first-order valence-electron chi connectivity index (χ1n) is 9.96. The van der Waals surface area contributed by atoms with E-state index in [1.165, 1.54) is 5.56 Å². The molecule has 3 aromatic heterocycles. The van der Waals surface area contributed by atoms with Gasteiger partial charge < -0.3 is 14.0 Å². The molecule has 0 spiro atoms. The van der Waals surface area contributed by atoms with Gasteiger partial charge in [0.05, 0.1) is 42.0 Å². The van der Waals surface area contributed by atoms with Crippen molar-refractivity contribution in [2.24, 2.45) is 0 Å². The number of hydrogen-bond acceptors (Lipinski definition) is 4. The molecule has 5 nitrogen and oxygen atoms in total. The van der Waals surface area contributed by atoms with E-state index in [0.717, 1.165) is 40.0 Å². The average Bonchev–Trinajstić information content (AvgIpc) is 3.04. The molecule has 0 bridgehead atoms. The molecule has 0 aliphatic rings. The van der Waals surface area contributed by atoms with Crippen LogP contribution >= 0.6 is 0 Å². The molecule has 0 saturated heterocycles. The Balaban J connectivity index is 2.20. The minimum Gasteiger partial charge on any atom is -0.480 e. The highest BCUT2D eigenvalue weighted by atomic mass is 16.5. The Kier molecular flexibility index (Phi) is 6.04. The fraction of sp³-hybridized carbons (Fsp3) is 0.478. The number of fused-ring (bicyclic) bond motifs is 1. The molecule has 1 atom stereocenters. The third-order valence-corrected chi connectivity index (χ3v) is 5.26. The Morgan fingerprint density at radius 3 is 2.46 bits per heavy atom. The summed E-state index contributed by atoms with van der Waals surface area (Å²) >= 11 is 0. The highest BCUT2D eigenvalue weighted by Gasteiger charge is 2.19. The van der Waals surface area contributed by atoms with Crippen molar-refractivity contribution in [3.63, 3.8) is 0 Å². The molecule has 0 aromatic carbocycles. The van der Waals surface area contributed by atoms with E-state index >= 15 is 0 Å². The molecule has 3 aromatic rings. The van der Waals surface area contributed by atoms with E-state index in [1.54, 1.807) is 14.2 Å². The van der Waals surface area contributed by atoms with Gasteiger partial charge in [-0.25, -0.2) is 9.97 Å². The van der Waals surface area contributed by atoms with Gasteiger partial charge in [-0.3, -0.25) is 0 Å². The molecular formula is C23H31N3O2. The van der Waals surface area contributed by atoms with Gasteiger partial charge in [0.25, 0.3) is 0 Å². The number of ether oxygens (including phenoxy) is 2. The van der Waals surface area contributed by atoms with E-state index in [1.807, 2.05) is 0 Å². The van der Waals surface area contributed by atoms with Crippen molar-refractivity contribution in [1.82, 2.24) is 14.5 Å². The first-order chi connectivity index (χ1) is 13.4. The van der Waals surface area contributed by atoms with Crippen LogP contribution in [0.4, 0.5) is 0 Å². The third-order valence-electron chi connectivity index (χ3n) is 5.26. The summed E-state index contributed by atoms with van der Waals surface area (Å²) in [6.45, 7) is 11.4. The van der Waals surface area contributed by atoms with Crippen LogP contribution < -0.4 is 4.74 Å². The lowest BCUT2D eigenvalue weighted by Gasteiger charge is -2.16. The molecular weight excluding hydrogens is 350 g/mol. The number of nitrogens with zero attached hydrogens (tertiary/aromatic N) is 3. The average molecular weight is 382 g/mol. The van der Waals surface area contributed by atoms with Crippen LogP contribution in [0.5, 0.6) is 5.88 Å². The van der Waals surface area contributed by atoms with Crippen LogP contribution in [0.2, 0.25) is 0 Å². The molecule has 0 saturated carbocycles. The lowest BCUT2D eigenvalue weighted by atomic mass is 10.0. The van der Waals surface area contributed by atoms with Crippen molar-refractivity contribution in [3.8, 4) is 17.1 Å². The Hall–Kier alpha value is -2.40. The number of rotatable bonds is 7. The van der Waals surface area contributed by atoms with Gasteiger partial charge in [0, 0.05) is 19.0 Å². The fourth-order valence-corrected chi connectivity index (χ4v) is 3.66. The van der Waals surface area contributed by atoms with Gasteiger partial charge in [0.1, 0.15) is 0 Å². The monoisotopic (exact) mass is 381 g/mol. The summed E-state index contributed by atoms with van der Waals surface area (Å²) in [6.07, 6.45) is 3.14. The first-order valence-corrected chi connectivity index (χ1v) is 9.96. The van der Waals surface area contributed by atoms with Crippen LogP contribution in [-0.4, -0.2) is 35.4 Å². The molecule has 0 aliphatic carbocycles. The Morgan fingerprint density at radius 2 is 1.86 bits per heavy atom. The molecule has 0 fully saturated rings. The number of aromatic nitrogens is 3. The summed E-state index contributed by atoms with van der Waals surface area (Å²) in [5.41, 5.74) is 7.43. The quantitative estimate of drug-likeness (QED) is 0.556. The molecule has 28 heavy (non-hydrogen) atoms. The first kappa shape index (κ1) is 20.3. The zero-order chi connectivity index (χ0) is 20.4. The Labute approximate surface area is 167 Å². The smallest absolute Gasteiger partial charge is 0.222 e. The van der Waals surface area contributed by atoms with Gasteiger partial charge in [-0.1, -0.05) is 20.8 Å². The molecule has 150 valence electrons. The summed E-state index contributed by atoms with van der Waals surface area (Å²) in [7, 11) is 3.41. The van der Waals surface area contributed by atoms with E-state index < -0.39 is 0 Å². The van der Waals surface area contributed by atoms with Gasteiger partial charge in [-0.2, -0.15) is 0 Å². The number of hydrogen-bond donors (Lipinski definition) is 0. The van der Waals surface area contributed by atoms with E-state index in [0.29, 0.717) is 18.4 Å². The SMILES string of the molecule is CCc1cn([C@@H](C)COC)c2cc(C)c(-c3ccc(C(C)C)nc3OC)nc12. The van der Waals surface area contributed by atoms with Crippen molar-refractivity contribution in [3.05, 3.63) is 41.2 Å². The fourth-order valence-electron chi connectivity index (χ4n) is 3.66. The van der Waals surface area contributed by atoms with E-state index in [2.05, 4.69) is 63.6 Å². The molecule has 0 amide bonds. The molecule has 0 unspecified atom stereocenters. The van der Waals surface area contributed by atoms with Gasteiger partial charge in [-0.15, -0.1) is 0 Å². The summed E-state index contributed by atoms with van der Waals surface area (Å²) in [4.78, 5) is 9.79. The zero-order valence-corrected chi connectivity index (χ0v) is 18.0. The second-order valence-corrected chi connectivity index (χ2v) is 7.69. The molecule has 0 radical (unpaired) electrons. The molecule has 3 rings (SSSR count). The summed E-state index contributed by atoms with van der Waals surface area (Å²) in [6, 6.07) is 6.62. The lowest BCUT2D eigenvalue weighted by molar-refractivity contribution is 0.164. The van der Waals surface area contributed by atoms with Gasteiger partial charge in [0.15, 0.2) is 0 Å². The predicted molar refractivity (Wildman–Crippen MR) is 114 cm³/mol. The lowest BCUT2D eigenvalue weighted by Crippen LogP contribution is -2.10. The number of pyridine rings is 2. The predicted octanol–water partition coefficient (Wildman–Crippen LogP) is 5.31. The van der Waals surface area contributed by atoms with Gasteiger partial charge >= 0.3 is 0 Å². The second kappa shape index (κ2) is 8.31. The minimum atomic E-state index is 0.251. The van der Waals surface area contributed by atoms with E-state index in [9.17, 15) is 0 Å². The van der Waals surface area contributed by atoms with Crippen LogP contribution in [0, 0.1) is 6.92 Å². The van der Waals surface area contributed by atoms with Crippen molar-refractivity contribution < 1.29 is 9.47 Å². The van der Waals surface area contributed by atoms with Gasteiger partial charge in [-0.05, 0) is 55.5 Å². The molecule has 0 aliphatic heterocycles. The summed E-state index contributed by atoms with van der Waals surface area (Å²) < 4.78 is 13.3. The van der Waals surface area contributed by atoms with Crippen molar-refractivity contribution >= 4 is 11.0 Å². The van der Waals surface area contributed by atoms with Crippen LogP contribution in [-0.2, 0) is 11.2 Å². The second-order valence-electron chi connectivity index (χ2n) is 7.69. The molecule has 3 heterocycles. The number of methoxy groups -OCH3 is 2. The number of aryl methyl sites for hydroxylation is 2. The van der Waals surface area contributed by atoms with E-state index in [4.69, 9.17) is 19.4 Å². The van der Waals surface area contributed by atoms with Crippen molar-refractivity contribution in [1.29, 1.82) is 0 Å². The maximum atomic E-state index is 5.62. The molecule has 0 N–H and O–H groups in total. The zero-order valence-electron chi connectivity index (χ0n) is 18.0. The van der Waals surface area contributed by atoms with Crippen molar-refractivity contribution in [2.45, 2.75) is 53.0 Å². The van der Waals surface area contributed by atoms with Crippen LogP contribution in [0.1, 0.15) is 56.5 Å². The van der Waals surface area contributed by atoms with Crippen LogP contribution in [0.15, 0.2) is 24.4 Å². The topological polar surface area (TPSA) is 49.2 Å². The van der Waals surface area contributed by atoms with Crippen molar-refractivity contribution in [2.75, 3.05) is 20.8 Å². The summed E-state index contributed by atoms with van der Waals surface area (Å²) in [5.74, 6) is 0.980. The Bertz CT molecular complexity index is 976. The highest BCUT2D eigenvalue weighted by molar-refractivity contribution is 5.85. The maximum absolute atomic E-state index is 5.62. The summed E-state index contributed by atoms with van der Waals surface area (Å²) in [5, 5.41) is 0. The van der Waals surface area contributed by atoms with E-state index in [-0.39, 0.29) is 6.04 Å². The maximum Gasteiger partial charge on any atom is 0.222 e. The van der Waals surface area contributed by atoms with Crippen LogP contribution in [0.3, 0.4) is 0 Å². The third kappa shape index (κ3) is 3.63. The van der Waals surface area contributed by atoms with Gasteiger partial charge in [0.2, 0.25) is 5.88 Å². The highest BCUT2D eigenvalue weighted by Crippen LogP contribution is 2.34. The van der Waals surface area contributed by atoms with Crippen LogP contribution in [0.25, 0.3) is 22.3 Å². The minimum absolute atomic E-state index is 0.251. The largest absolute Gasteiger partial charge is 0.480 e. The molecule has 5 heteroatoms. The Morgan fingerprint density at radius 1 is 1.11 bits per heavy atom.